The number of aromatic nitrogens is 1. The van der Waals surface area contributed by atoms with Crippen molar-refractivity contribution in [3.63, 3.8) is 0 Å². The average Bonchev–Trinajstić information content (AvgIpc) is 3.03. The fraction of sp³-hybridized carbons (Fsp3) is 0.688. The van der Waals surface area contributed by atoms with Crippen LogP contribution in [0.15, 0.2) is 21.8 Å². The van der Waals surface area contributed by atoms with Crippen LogP contribution in [0.25, 0.3) is 0 Å². The lowest BCUT2D eigenvalue weighted by Gasteiger charge is -2.35. The van der Waals surface area contributed by atoms with Gasteiger partial charge in [-0.25, -0.2) is 4.79 Å². The minimum atomic E-state index is -0.480. The molecule has 0 aliphatic carbocycles. The Balaban J connectivity index is 1.83. The van der Waals surface area contributed by atoms with Gasteiger partial charge in [-0.15, -0.1) is 0 Å². The van der Waals surface area contributed by atoms with Crippen molar-refractivity contribution >= 4 is 12.1 Å². The maximum Gasteiger partial charge on any atom is 0.410 e. The van der Waals surface area contributed by atoms with E-state index in [4.69, 9.17) is 9.26 Å². The SMILES string of the molecule is CN=C(NCc1ccon1)NC1CCCN(C(=O)OC(C)(C)C)C1. The molecule has 2 rings (SSSR count). The zero-order chi connectivity index (χ0) is 17.6. The smallest absolute Gasteiger partial charge is 0.410 e. The number of carbonyl (C=O) groups excluding carboxylic acids is 1. The van der Waals surface area contributed by atoms with E-state index in [1.54, 1.807) is 18.0 Å². The zero-order valence-corrected chi connectivity index (χ0v) is 14.8. The third-order valence-corrected chi connectivity index (χ3v) is 3.57. The highest BCUT2D eigenvalue weighted by atomic mass is 16.6. The second kappa shape index (κ2) is 8.03. The number of amides is 1. The Morgan fingerprint density at radius 1 is 1.54 bits per heavy atom. The third kappa shape index (κ3) is 5.75. The number of likely N-dealkylation sites (tertiary alicyclic amines) is 1. The molecule has 134 valence electrons. The number of rotatable bonds is 3. The number of hydrogen-bond donors (Lipinski definition) is 2. The van der Waals surface area contributed by atoms with Crippen LogP contribution in [0.4, 0.5) is 4.79 Å². The quantitative estimate of drug-likeness (QED) is 0.645. The lowest BCUT2D eigenvalue weighted by atomic mass is 10.1. The Bertz CT molecular complexity index is 551. The Morgan fingerprint density at radius 3 is 2.96 bits per heavy atom. The first kappa shape index (κ1) is 18.1. The van der Waals surface area contributed by atoms with E-state index in [1.807, 2.05) is 20.8 Å². The van der Waals surface area contributed by atoms with Crippen LogP contribution in [0.2, 0.25) is 0 Å². The van der Waals surface area contributed by atoms with E-state index in [9.17, 15) is 4.79 Å². The lowest BCUT2D eigenvalue weighted by Crippen LogP contribution is -2.53. The molecule has 0 aromatic carbocycles. The largest absolute Gasteiger partial charge is 0.444 e. The molecule has 0 spiro atoms. The van der Waals surface area contributed by atoms with Crippen molar-refractivity contribution in [1.82, 2.24) is 20.7 Å². The zero-order valence-electron chi connectivity index (χ0n) is 14.8. The maximum absolute atomic E-state index is 12.2. The van der Waals surface area contributed by atoms with Crippen LogP contribution in [0.1, 0.15) is 39.3 Å². The highest BCUT2D eigenvalue weighted by Gasteiger charge is 2.27. The Labute approximate surface area is 142 Å². The van der Waals surface area contributed by atoms with Gasteiger partial charge >= 0.3 is 6.09 Å². The van der Waals surface area contributed by atoms with Gasteiger partial charge in [-0.3, -0.25) is 4.99 Å². The number of nitrogens with zero attached hydrogens (tertiary/aromatic N) is 3. The van der Waals surface area contributed by atoms with Crippen LogP contribution in [-0.2, 0) is 11.3 Å². The fourth-order valence-corrected chi connectivity index (χ4v) is 2.48. The molecule has 1 aliphatic rings. The number of nitrogens with one attached hydrogen (secondary N) is 2. The molecule has 8 heteroatoms. The van der Waals surface area contributed by atoms with Crippen molar-refractivity contribution in [3.05, 3.63) is 18.0 Å². The first-order chi connectivity index (χ1) is 11.4. The van der Waals surface area contributed by atoms with E-state index < -0.39 is 5.60 Å². The van der Waals surface area contributed by atoms with Crippen molar-refractivity contribution in [2.45, 2.75) is 51.8 Å². The molecule has 24 heavy (non-hydrogen) atoms. The Hall–Kier alpha value is -2.25. The summed E-state index contributed by atoms with van der Waals surface area (Å²) in [6, 6.07) is 1.93. The van der Waals surface area contributed by atoms with Gasteiger partial charge in [0.2, 0.25) is 0 Å². The van der Waals surface area contributed by atoms with Gasteiger partial charge in [0.1, 0.15) is 17.6 Å². The molecular weight excluding hydrogens is 310 g/mol. The summed E-state index contributed by atoms with van der Waals surface area (Å²) in [5, 5.41) is 10.4. The summed E-state index contributed by atoms with van der Waals surface area (Å²) in [6.45, 7) is 7.47. The molecule has 0 saturated carbocycles. The van der Waals surface area contributed by atoms with Gasteiger partial charge in [0.05, 0.1) is 6.54 Å². The van der Waals surface area contributed by atoms with Crippen LogP contribution in [0, 0.1) is 0 Å². The van der Waals surface area contributed by atoms with E-state index in [0.717, 1.165) is 25.1 Å². The van der Waals surface area contributed by atoms with Gasteiger partial charge in [-0.2, -0.15) is 0 Å². The minimum absolute atomic E-state index is 0.134. The number of guanidine groups is 1. The molecule has 1 aliphatic heterocycles. The topological polar surface area (TPSA) is 92.0 Å². The van der Waals surface area contributed by atoms with Gasteiger partial charge in [0.25, 0.3) is 0 Å². The van der Waals surface area contributed by atoms with Gasteiger partial charge in [0, 0.05) is 32.2 Å². The Morgan fingerprint density at radius 2 is 2.33 bits per heavy atom. The van der Waals surface area contributed by atoms with Gasteiger partial charge in [-0.05, 0) is 33.6 Å². The number of carbonyl (C=O) groups is 1. The standard InChI is InChI=1S/C16H27N5O3/c1-16(2,3)24-15(22)21-8-5-6-13(11-21)19-14(17-4)18-10-12-7-9-23-20-12/h7,9,13H,5-6,8,10-11H2,1-4H3,(H2,17,18,19). The lowest BCUT2D eigenvalue weighted by molar-refractivity contribution is 0.0193. The first-order valence-corrected chi connectivity index (χ1v) is 8.22. The van der Waals surface area contributed by atoms with Crippen LogP contribution in [0.5, 0.6) is 0 Å². The molecule has 1 amide bonds. The summed E-state index contributed by atoms with van der Waals surface area (Å²) in [6.07, 6.45) is 3.17. The summed E-state index contributed by atoms with van der Waals surface area (Å²) in [4.78, 5) is 18.2. The van der Waals surface area contributed by atoms with E-state index in [2.05, 4.69) is 20.8 Å². The summed E-state index contributed by atoms with van der Waals surface area (Å²) in [5.74, 6) is 0.675. The molecule has 0 radical (unpaired) electrons. The van der Waals surface area contributed by atoms with E-state index in [0.29, 0.717) is 19.0 Å². The molecular formula is C16H27N5O3. The van der Waals surface area contributed by atoms with Crippen molar-refractivity contribution < 1.29 is 14.1 Å². The molecule has 1 atom stereocenters. The van der Waals surface area contributed by atoms with Crippen LogP contribution in [0.3, 0.4) is 0 Å². The second-order valence-electron chi connectivity index (χ2n) is 6.83. The highest BCUT2D eigenvalue weighted by Crippen LogP contribution is 2.15. The predicted octanol–water partition coefficient (Wildman–Crippen LogP) is 1.74. The summed E-state index contributed by atoms with van der Waals surface area (Å²) in [5.41, 5.74) is 0.323. The van der Waals surface area contributed by atoms with Gasteiger partial charge in [-0.1, -0.05) is 5.16 Å². The Kier molecular flexibility index (Phi) is 6.05. The molecule has 1 saturated heterocycles. The maximum atomic E-state index is 12.2. The van der Waals surface area contributed by atoms with Crippen molar-refractivity contribution in [2.75, 3.05) is 20.1 Å². The monoisotopic (exact) mass is 337 g/mol. The van der Waals surface area contributed by atoms with Gasteiger partial charge < -0.3 is 24.8 Å². The molecule has 1 fully saturated rings. The van der Waals surface area contributed by atoms with E-state index in [1.165, 1.54) is 6.26 Å². The fourth-order valence-electron chi connectivity index (χ4n) is 2.48. The normalized spacial score (nSPS) is 19.1. The minimum Gasteiger partial charge on any atom is -0.444 e. The van der Waals surface area contributed by atoms with Gasteiger partial charge in [0.15, 0.2) is 5.96 Å². The summed E-state index contributed by atoms with van der Waals surface area (Å²) < 4.78 is 10.3. The van der Waals surface area contributed by atoms with Crippen LogP contribution < -0.4 is 10.6 Å². The third-order valence-electron chi connectivity index (χ3n) is 3.57. The summed E-state index contributed by atoms with van der Waals surface area (Å²) >= 11 is 0. The molecule has 2 N–H and O–H groups in total. The molecule has 2 heterocycles. The number of piperidine rings is 1. The first-order valence-electron chi connectivity index (χ1n) is 8.22. The molecule has 8 nitrogen and oxygen atoms in total. The molecule has 1 aromatic heterocycles. The second-order valence-corrected chi connectivity index (χ2v) is 6.83. The van der Waals surface area contributed by atoms with E-state index in [-0.39, 0.29) is 12.1 Å². The number of ether oxygens (including phenoxy) is 1. The number of aliphatic imine (C=N–C) groups is 1. The van der Waals surface area contributed by atoms with Crippen molar-refractivity contribution in [1.29, 1.82) is 0 Å². The predicted molar refractivity (Wildman–Crippen MR) is 90.7 cm³/mol. The summed E-state index contributed by atoms with van der Waals surface area (Å²) in [7, 11) is 1.71. The molecule has 1 unspecified atom stereocenters. The number of hydrogen-bond acceptors (Lipinski definition) is 5. The van der Waals surface area contributed by atoms with Crippen LogP contribution in [-0.4, -0.2) is 53.9 Å². The van der Waals surface area contributed by atoms with Crippen LogP contribution >= 0.6 is 0 Å². The van der Waals surface area contributed by atoms with E-state index >= 15 is 0 Å². The van der Waals surface area contributed by atoms with Crippen molar-refractivity contribution in [3.8, 4) is 0 Å². The molecule has 1 aromatic rings. The highest BCUT2D eigenvalue weighted by molar-refractivity contribution is 5.80. The van der Waals surface area contributed by atoms with Crippen molar-refractivity contribution in [2.24, 2.45) is 4.99 Å². The average molecular weight is 337 g/mol. The molecule has 0 bridgehead atoms.